The van der Waals surface area contributed by atoms with Gasteiger partial charge in [-0.1, -0.05) is 30.3 Å². The van der Waals surface area contributed by atoms with E-state index < -0.39 is 0 Å². The number of benzene rings is 2. The van der Waals surface area contributed by atoms with Crippen LogP contribution in [-0.2, 0) is 6.54 Å². The van der Waals surface area contributed by atoms with Gasteiger partial charge in [-0.25, -0.2) is 4.98 Å². The number of rotatable bonds is 2. The second-order valence-corrected chi connectivity index (χ2v) is 4.39. The Balaban J connectivity index is 2.16. The summed E-state index contributed by atoms with van der Waals surface area (Å²) in [6, 6.07) is 11.8. The Morgan fingerprint density at radius 3 is 2.78 bits per heavy atom. The molecule has 0 saturated heterocycles. The zero-order valence-corrected chi connectivity index (χ0v) is 10.2. The Morgan fingerprint density at radius 2 is 2.00 bits per heavy atom. The quantitative estimate of drug-likeness (QED) is 0.745. The molecule has 0 atom stereocenters. The average Bonchev–Trinajstić information content (AvgIpc) is 2.79. The molecule has 0 amide bonds. The van der Waals surface area contributed by atoms with Crippen molar-refractivity contribution in [2.75, 3.05) is 0 Å². The van der Waals surface area contributed by atoms with E-state index in [4.69, 9.17) is 0 Å². The molecule has 2 aromatic carbocycles. The average molecular weight is 238 g/mol. The molecule has 0 spiro atoms. The van der Waals surface area contributed by atoms with Crippen molar-refractivity contribution in [2.24, 2.45) is 0 Å². The van der Waals surface area contributed by atoms with Gasteiger partial charge in [-0.3, -0.25) is 0 Å². The highest BCUT2D eigenvalue weighted by atomic mass is 16.3. The molecule has 3 rings (SSSR count). The first-order valence-corrected chi connectivity index (χ1v) is 5.93. The Bertz CT molecular complexity index is 701. The summed E-state index contributed by atoms with van der Waals surface area (Å²) in [7, 11) is 0. The van der Waals surface area contributed by atoms with Crippen LogP contribution in [0.3, 0.4) is 0 Å². The summed E-state index contributed by atoms with van der Waals surface area (Å²) in [6.45, 7) is 2.60. The molecule has 18 heavy (non-hydrogen) atoms. The lowest BCUT2D eigenvalue weighted by atomic mass is 10.0. The van der Waals surface area contributed by atoms with Crippen LogP contribution in [0.25, 0.3) is 10.8 Å². The van der Waals surface area contributed by atoms with Gasteiger partial charge in [0.15, 0.2) is 0 Å². The molecule has 3 nitrogen and oxygen atoms in total. The van der Waals surface area contributed by atoms with Crippen molar-refractivity contribution in [1.82, 2.24) is 9.55 Å². The number of aromatic nitrogens is 2. The van der Waals surface area contributed by atoms with E-state index in [0.717, 1.165) is 22.2 Å². The molecule has 3 aromatic rings. The molecule has 0 aliphatic rings. The van der Waals surface area contributed by atoms with Crippen molar-refractivity contribution in [2.45, 2.75) is 13.5 Å². The van der Waals surface area contributed by atoms with E-state index in [1.165, 1.54) is 0 Å². The molecule has 1 aromatic heterocycles. The van der Waals surface area contributed by atoms with Crippen molar-refractivity contribution < 1.29 is 5.11 Å². The fourth-order valence-electron chi connectivity index (χ4n) is 2.23. The molecule has 90 valence electrons. The fourth-order valence-corrected chi connectivity index (χ4v) is 2.23. The van der Waals surface area contributed by atoms with Crippen molar-refractivity contribution in [1.29, 1.82) is 0 Å². The number of hydrogen-bond acceptors (Lipinski definition) is 2. The summed E-state index contributed by atoms with van der Waals surface area (Å²) in [6.07, 6.45) is 3.70. The Kier molecular flexibility index (Phi) is 2.52. The SMILES string of the molecule is Cc1nccn1Cc1c(O)ccc2ccccc12. The highest BCUT2D eigenvalue weighted by molar-refractivity contribution is 5.87. The summed E-state index contributed by atoms with van der Waals surface area (Å²) >= 11 is 0. The number of aryl methyl sites for hydroxylation is 1. The predicted octanol–water partition coefficient (Wildman–Crippen LogP) is 3.10. The fraction of sp³-hybridized carbons (Fsp3) is 0.133. The normalized spacial score (nSPS) is 10.9. The standard InChI is InChI=1S/C15H14N2O/c1-11-16-8-9-17(11)10-14-13-5-3-2-4-12(13)6-7-15(14)18/h2-9,18H,10H2,1H3. The topological polar surface area (TPSA) is 38.0 Å². The van der Waals surface area contributed by atoms with Crippen LogP contribution >= 0.6 is 0 Å². The van der Waals surface area contributed by atoms with Crippen LogP contribution in [-0.4, -0.2) is 14.7 Å². The van der Waals surface area contributed by atoms with E-state index in [0.29, 0.717) is 12.3 Å². The second kappa shape index (κ2) is 4.18. The minimum absolute atomic E-state index is 0.335. The molecule has 1 heterocycles. The molecule has 0 saturated carbocycles. The number of nitrogens with zero attached hydrogens (tertiary/aromatic N) is 2. The first-order chi connectivity index (χ1) is 8.75. The van der Waals surface area contributed by atoms with Crippen LogP contribution < -0.4 is 0 Å². The van der Waals surface area contributed by atoms with Crippen molar-refractivity contribution >= 4 is 10.8 Å². The predicted molar refractivity (Wildman–Crippen MR) is 71.7 cm³/mol. The molecule has 3 heteroatoms. The molecular formula is C15H14N2O. The van der Waals surface area contributed by atoms with Crippen LogP contribution in [0.4, 0.5) is 0 Å². The smallest absolute Gasteiger partial charge is 0.121 e. The summed E-state index contributed by atoms with van der Waals surface area (Å²) < 4.78 is 2.03. The van der Waals surface area contributed by atoms with E-state index in [1.807, 2.05) is 42.0 Å². The molecule has 0 fully saturated rings. The number of phenolic OH excluding ortho intramolecular Hbond substituents is 1. The van der Waals surface area contributed by atoms with E-state index in [-0.39, 0.29) is 0 Å². The first-order valence-electron chi connectivity index (χ1n) is 5.93. The maximum Gasteiger partial charge on any atom is 0.121 e. The van der Waals surface area contributed by atoms with Crippen LogP contribution in [0.2, 0.25) is 0 Å². The number of aromatic hydroxyl groups is 1. The lowest BCUT2D eigenvalue weighted by Gasteiger charge is -2.11. The third kappa shape index (κ3) is 1.74. The summed E-state index contributed by atoms with van der Waals surface area (Å²) in [4.78, 5) is 4.20. The third-order valence-corrected chi connectivity index (χ3v) is 3.27. The maximum absolute atomic E-state index is 10.1. The van der Waals surface area contributed by atoms with Gasteiger partial charge in [0.05, 0.1) is 6.54 Å². The lowest BCUT2D eigenvalue weighted by Crippen LogP contribution is -2.01. The van der Waals surface area contributed by atoms with Crippen molar-refractivity contribution in [3.05, 3.63) is 60.2 Å². The lowest BCUT2D eigenvalue weighted by molar-refractivity contribution is 0.467. The van der Waals surface area contributed by atoms with Gasteiger partial charge < -0.3 is 9.67 Å². The molecule has 0 radical (unpaired) electrons. The van der Waals surface area contributed by atoms with Crippen molar-refractivity contribution in [3.63, 3.8) is 0 Å². The highest BCUT2D eigenvalue weighted by Gasteiger charge is 2.08. The van der Waals surface area contributed by atoms with E-state index in [1.54, 1.807) is 12.3 Å². The summed E-state index contributed by atoms with van der Waals surface area (Å²) in [5, 5.41) is 12.3. The van der Waals surface area contributed by atoms with Gasteiger partial charge in [-0.2, -0.15) is 0 Å². The maximum atomic E-state index is 10.1. The largest absolute Gasteiger partial charge is 0.508 e. The van der Waals surface area contributed by atoms with E-state index in [9.17, 15) is 5.11 Å². The van der Waals surface area contributed by atoms with E-state index in [2.05, 4.69) is 11.1 Å². The zero-order valence-electron chi connectivity index (χ0n) is 10.2. The Morgan fingerprint density at radius 1 is 1.17 bits per heavy atom. The molecule has 0 unspecified atom stereocenters. The third-order valence-electron chi connectivity index (χ3n) is 3.27. The van der Waals surface area contributed by atoms with E-state index >= 15 is 0 Å². The minimum atomic E-state index is 0.335. The number of hydrogen-bond donors (Lipinski definition) is 1. The minimum Gasteiger partial charge on any atom is -0.508 e. The van der Waals surface area contributed by atoms with Gasteiger partial charge in [0.2, 0.25) is 0 Å². The second-order valence-electron chi connectivity index (χ2n) is 4.39. The molecule has 0 aliphatic carbocycles. The number of phenols is 1. The highest BCUT2D eigenvalue weighted by Crippen LogP contribution is 2.27. The monoisotopic (exact) mass is 238 g/mol. The zero-order chi connectivity index (χ0) is 12.5. The van der Waals surface area contributed by atoms with Crippen LogP contribution in [0.1, 0.15) is 11.4 Å². The first kappa shape index (κ1) is 10.8. The van der Waals surface area contributed by atoms with Crippen molar-refractivity contribution in [3.8, 4) is 5.75 Å². The number of fused-ring (bicyclic) bond motifs is 1. The van der Waals surface area contributed by atoms with Gasteiger partial charge >= 0.3 is 0 Å². The molecule has 1 N–H and O–H groups in total. The number of imidazole rings is 1. The molecular weight excluding hydrogens is 224 g/mol. The van der Waals surface area contributed by atoms with Gasteiger partial charge in [-0.15, -0.1) is 0 Å². The van der Waals surface area contributed by atoms with Gasteiger partial charge in [0.25, 0.3) is 0 Å². The Labute approximate surface area is 105 Å². The van der Waals surface area contributed by atoms with Gasteiger partial charge in [0, 0.05) is 18.0 Å². The summed E-state index contributed by atoms with van der Waals surface area (Å²) in [5.41, 5.74) is 0.939. The van der Waals surface area contributed by atoms with Gasteiger partial charge in [-0.05, 0) is 23.8 Å². The molecule has 0 aliphatic heterocycles. The summed E-state index contributed by atoms with van der Waals surface area (Å²) in [5.74, 6) is 1.28. The molecule has 0 bridgehead atoms. The Hall–Kier alpha value is -2.29. The van der Waals surface area contributed by atoms with Crippen LogP contribution in [0.15, 0.2) is 48.8 Å². The van der Waals surface area contributed by atoms with Gasteiger partial charge in [0.1, 0.15) is 11.6 Å². The van der Waals surface area contributed by atoms with Crippen LogP contribution in [0, 0.1) is 6.92 Å². The van der Waals surface area contributed by atoms with Crippen LogP contribution in [0.5, 0.6) is 5.75 Å².